The van der Waals surface area contributed by atoms with E-state index >= 15 is 0 Å². The van der Waals surface area contributed by atoms with Gasteiger partial charge < -0.3 is 50.1 Å². The molecule has 0 spiro atoms. The van der Waals surface area contributed by atoms with E-state index in [0.717, 1.165) is 20.4 Å². The summed E-state index contributed by atoms with van der Waals surface area (Å²) in [5.41, 5.74) is 0. The maximum Gasteiger partial charge on any atom is 4.00 e. The van der Waals surface area contributed by atoms with Crippen molar-refractivity contribution in [3.05, 3.63) is 29.7 Å². The summed E-state index contributed by atoms with van der Waals surface area (Å²) in [6, 6.07) is 0. The van der Waals surface area contributed by atoms with Crippen LogP contribution in [0.3, 0.4) is 0 Å². The number of aliphatic hydroxyl groups excluding tert-OH is 4. The van der Waals surface area contributed by atoms with E-state index in [-0.39, 0.29) is 75.8 Å². The molecular formula is C14H36O5Ti2. The fourth-order valence-electron chi connectivity index (χ4n) is 0.987. The Morgan fingerprint density at radius 2 is 0.714 bits per heavy atom. The molecule has 0 aromatic heterocycles. The summed E-state index contributed by atoms with van der Waals surface area (Å²) in [6.45, 7) is 6.64. The molecule has 0 saturated carbocycles. The molecule has 0 aromatic rings. The van der Waals surface area contributed by atoms with Gasteiger partial charge in [-0.15, -0.1) is 0 Å². The van der Waals surface area contributed by atoms with Gasteiger partial charge in [-0.2, -0.15) is 0 Å². The quantitative estimate of drug-likeness (QED) is 0.442. The molecule has 4 unspecified atom stereocenters. The second-order valence-electron chi connectivity index (χ2n) is 3.87. The molecule has 0 bridgehead atoms. The molecule has 0 rings (SSSR count). The Morgan fingerprint density at radius 3 is 0.714 bits per heavy atom. The first-order valence-corrected chi connectivity index (χ1v) is 5.82. The van der Waals surface area contributed by atoms with E-state index in [1.807, 2.05) is 0 Å². The molecule has 130 valence electrons. The van der Waals surface area contributed by atoms with Gasteiger partial charge in [-0.1, -0.05) is 0 Å². The van der Waals surface area contributed by atoms with E-state index in [2.05, 4.69) is 0 Å². The maximum atomic E-state index is 8.56. The molecule has 0 saturated heterocycles. The second-order valence-corrected chi connectivity index (χ2v) is 3.87. The molecule has 4 N–H and O–H groups in total. The molecule has 7 heteroatoms. The van der Waals surface area contributed by atoms with Gasteiger partial charge in [-0.25, -0.2) is 0 Å². The Kier molecular flexibility index (Phi) is 88.1. The minimum atomic E-state index is -0.375. The summed E-state index contributed by atoms with van der Waals surface area (Å²) < 4.78 is 8.25. The van der Waals surface area contributed by atoms with Crippen LogP contribution < -0.4 is 0 Å². The van der Waals surface area contributed by atoms with Gasteiger partial charge in [0.2, 0.25) is 0 Å². The Hall–Kier alpha value is 1.07. The second kappa shape index (κ2) is 37.4. The molecule has 4 atom stereocenters. The van der Waals surface area contributed by atoms with Crippen LogP contribution >= 0.6 is 0 Å². The van der Waals surface area contributed by atoms with Crippen LogP contribution in [-0.4, -0.2) is 44.8 Å². The molecule has 0 aromatic carbocycles. The van der Waals surface area contributed by atoms with E-state index in [0.29, 0.717) is 12.8 Å². The molecule has 0 aliphatic carbocycles. The zero-order valence-electron chi connectivity index (χ0n) is 14.9. The summed E-state index contributed by atoms with van der Waals surface area (Å²) in [7, 11) is 0. The molecule has 0 heterocycles. The smallest absolute Gasteiger partial charge is 4.00 e. The Morgan fingerprint density at radius 1 is 0.619 bits per heavy atom. The molecule has 0 radical (unpaired) electrons. The van der Waals surface area contributed by atoms with Gasteiger partial charge in [0.25, 0.3) is 0 Å². The Bertz CT molecular complexity index is 109. The van der Waals surface area contributed by atoms with Gasteiger partial charge in [0.1, 0.15) is 0 Å². The Labute approximate surface area is 160 Å². The van der Waals surface area contributed by atoms with Crippen molar-refractivity contribution in [3.8, 4) is 0 Å². The fraction of sp³-hybridized carbons (Fsp3) is 0.714. The van der Waals surface area contributed by atoms with Crippen molar-refractivity contribution in [2.45, 2.75) is 65.0 Å². The predicted molar refractivity (Wildman–Crippen MR) is 82.3 cm³/mol. The summed E-state index contributed by atoms with van der Waals surface area (Å²) in [5.74, 6) is 0. The minimum absolute atomic E-state index is 0. The van der Waals surface area contributed by atoms with Gasteiger partial charge in [0.05, 0.1) is 24.4 Å². The van der Waals surface area contributed by atoms with Gasteiger partial charge in [-0.05, 0) is 40.5 Å². The first-order valence-electron chi connectivity index (χ1n) is 5.18. The average Bonchev–Trinajstić information content (AvgIpc) is 2.03. The van der Waals surface area contributed by atoms with Crippen LogP contribution in [0, 0.1) is 29.7 Å². The molecule has 0 aliphatic rings. The van der Waals surface area contributed by atoms with Crippen LogP contribution in [-0.2, 0) is 45.4 Å². The van der Waals surface area contributed by atoms with Crippen LogP contribution in [0.25, 0.3) is 0 Å². The number of hydrogen-bond donors (Lipinski definition) is 4. The van der Waals surface area contributed by atoms with Crippen LogP contribution in [0.4, 0.5) is 0 Å². The monoisotopic (exact) mass is 380 g/mol. The summed E-state index contributed by atoms with van der Waals surface area (Å²) in [5, 5.41) is 34.3. The van der Waals surface area contributed by atoms with Crippen LogP contribution in [0.15, 0.2) is 0 Å². The molecule has 0 aliphatic heterocycles. The third-order valence-corrected chi connectivity index (χ3v) is 1.36. The van der Waals surface area contributed by atoms with Crippen molar-refractivity contribution >= 4 is 0 Å². The van der Waals surface area contributed by atoms with E-state index < -0.39 is 0 Å². The van der Waals surface area contributed by atoms with E-state index in [9.17, 15) is 0 Å². The first kappa shape index (κ1) is 49.5. The van der Waals surface area contributed by atoms with Crippen molar-refractivity contribution in [2.24, 2.45) is 0 Å². The van der Waals surface area contributed by atoms with Crippen molar-refractivity contribution in [2.75, 3.05) is 0 Å². The standard InChI is InChI=1S/2C5H12O2.4CH3.O.2Ti/c2*1-4(6)3-5(2)7;;;;;;;/h2*4-7H,3H2,1-2H3;4*1H3;;;/q;;4*-1;;;+4. The normalized spacial score (nSPS) is 12.7. The van der Waals surface area contributed by atoms with E-state index in [1.165, 1.54) is 0 Å². The topological polar surface area (TPSA) is 98.0 Å². The largest absolute Gasteiger partial charge is 4.00 e. The first-order chi connectivity index (χ1) is 7.25. The van der Waals surface area contributed by atoms with Crippen molar-refractivity contribution in [3.63, 3.8) is 0 Å². The predicted octanol–water partition coefficient (Wildman–Crippen LogP) is 1.95. The zero-order chi connectivity index (χ0) is 13.7. The van der Waals surface area contributed by atoms with Gasteiger partial charge in [0.15, 0.2) is 0 Å². The Balaban J connectivity index is -0.0000000197. The fourth-order valence-corrected chi connectivity index (χ4v) is 0.987. The van der Waals surface area contributed by atoms with Crippen LogP contribution in [0.1, 0.15) is 40.5 Å². The number of hydrogen-bond acceptors (Lipinski definition) is 5. The van der Waals surface area contributed by atoms with Crippen molar-refractivity contribution in [1.29, 1.82) is 0 Å². The molecule has 5 nitrogen and oxygen atoms in total. The average molecular weight is 380 g/mol. The van der Waals surface area contributed by atoms with Crippen LogP contribution in [0.2, 0.25) is 0 Å². The molecule has 21 heavy (non-hydrogen) atoms. The van der Waals surface area contributed by atoms with Gasteiger partial charge >= 0.3 is 45.4 Å². The molecule has 0 amide bonds. The minimum Gasteiger partial charge on any atom is 4.00 e. The van der Waals surface area contributed by atoms with Crippen LogP contribution in [0.5, 0.6) is 0 Å². The maximum absolute atomic E-state index is 8.56. The number of aliphatic hydroxyl groups is 4. The summed E-state index contributed by atoms with van der Waals surface area (Å²) in [6.07, 6.45) is -0.556. The molecular weight excluding hydrogens is 344 g/mol. The van der Waals surface area contributed by atoms with Crippen molar-refractivity contribution < 1.29 is 65.9 Å². The summed E-state index contributed by atoms with van der Waals surface area (Å²) >= 11 is 0.750. The zero-order valence-corrected chi connectivity index (χ0v) is 18.0. The third-order valence-electron chi connectivity index (χ3n) is 1.36. The van der Waals surface area contributed by atoms with E-state index in [1.54, 1.807) is 27.7 Å². The SMILES string of the molecule is CC(O)CC(C)O.CC(O)CC(C)O.[CH3-].[CH3-].[CH3-].[CH3-].[O]=[Ti].[Ti+4]. The van der Waals surface area contributed by atoms with Gasteiger partial charge in [0, 0.05) is 0 Å². The summed E-state index contributed by atoms with van der Waals surface area (Å²) in [4.78, 5) is 0. The number of rotatable bonds is 4. The van der Waals surface area contributed by atoms with Crippen molar-refractivity contribution in [1.82, 2.24) is 0 Å². The third kappa shape index (κ3) is 93.2. The van der Waals surface area contributed by atoms with E-state index in [4.69, 9.17) is 23.8 Å². The van der Waals surface area contributed by atoms with Gasteiger partial charge in [-0.3, -0.25) is 0 Å². The molecule has 0 fully saturated rings.